The van der Waals surface area contributed by atoms with Gasteiger partial charge in [0.1, 0.15) is 0 Å². The predicted molar refractivity (Wildman–Crippen MR) is 102 cm³/mol. The van der Waals surface area contributed by atoms with Gasteiger partial charge in [-0.25, -0.2) is 0 Å². The first-order valence-corrected chi connectivity index (χ1v) is 8.76. The number of rotatable bonds is 2. The number of hydrogen-bond acceptors (Lipinski definition) is 0. The van der Waals surface area contributed by atoms with Gasteiger partial charge in [0.15, 0.2) is 0 Å². The fourth-order valence-electron chi connectivity index (χ4n) is 4.28. The molecule has 0 fully saturated rings. The van der Waals surface area contributed by atoms with Crippen LogP contribution in [-0.4, -0.2) is 0 Å². The van der Waals surface area contributed by atoms with E-state index in [1.54, 1.807) is 5.57 Å². The van der Waals surface area contributed by atoms with E-state index in [-0.39, 0.29) is 0 Å². The Labute approximate surface area is 143 Å². The molecule has 0 bridgehead atoms. The van der Waals surface area contributed by atoms with E-state index in [9.17, 15) is 0 Å². The highest BCUT2D eigenvalue weighted by Crippen LogP contribution is 2.42. The average molecular weight is 308 g/mol. The third kappa shape index (κ3) is 2.14. The smallest absolute Gasteiger partial charge is 0.00137 e. The minimum absolute atomic E-state index is 1.07. The van der Waals surface area contributed by atoms with Crippen molar-refractivity contribution in [2.75, 3.05) is 0 Å². The van der Waals surface area contributed by atoms with E-state index in [1.807, 2.05) is 0 Å². The van der Waals surface area contributed by atoms with Crippen molar-refractivity contribution in [3.63, 3.8) is 0 Å². The zero-order valence-corrected chi connectivity index (χ0v) is 14.0. The molecule has 2 aromatic rings. The molecular weight excluding hydrogens is 288 g/mol. The molecule has 0 heteroatoms. The van der Waals surface area contributed by atoms with Crippen LogP contribution in [0.4, 0.5) is 0 Å². The van der Waals surface area contributed by atoms with Crippen molar-refractivity contribution in [1.29, 1.82) is 0 Å². The van der Waals surface area contributed by atoms with Crippen LogP contribution in [0.2, 0.25) is 0 Å². The molecule has 0 saturated heterocycles. The van der Waals surface area contributed by atoms with Gasteiger partial charge in [-0.2, -0.15) is 0 Å². The third-order valence-corrected chi connectivity index (χ3v) is 5.51. The van der Waals surface area contributed by atoms with E-state index in [2.05, 4.69) is 73.7 Å². The summed E-state index contributed by atoms with van der Waals surface area (Å²) < 4.78 is 0. The second kappa shape index (κ2) is 5.21. The lowest BCUT2D eigenvalue weighted by atomic mass is 9.85. The summed E-state index contributed by atoms with van der Waals surface area (Å²) >= 11 is 0. The standard InChI is InChI=1S/C24H20/c1-16-10-22-14-20-8-4-5-9-21(20)15-24(22)23(16)13-17-11-18-6-2-3-7-19(18)12-17/h2-11,15H,12-14H2,1H3. The second-order valence-corrected chi connectivity index (χ2v) is 7.12. The maximum Gasteiger partial charge on any atom is -0.00137 e. The van der Waals surface area contributed by atoms with Crippen LogP contribution in [0.1, 0.15) is 35.6 Å². The molecule has 0 saturated carbocycles. The van der Waals surface area contributed by atoms with Crippen LogP contribution >= 0.6 is 0 Å². The summed E-state index contributed by atoms with van der Waals surface area (Å²) in [7, 11) is 0. The summed E-state index contributed by atoms with van der Waals surface area (Å²) in [4.78, 5) is 0. The van der Waals surface area contributed by atoms with Gasteiger partial charge in [-0.3, -0.25) is 0 Å². The summed E-state index contributed by atoms with van der Waals surface area (Å²) in [6.07, 6.45) is 10.5. The molecule has 2 aromatic carbocycles. The quantitative estimate of drug-likeness (QED) is 0.646. The van der Waals surface area contributed by atoms with E-state index >= 15 is 0 Å². The van der Waals surface area contributed by atoms with Crippen LogP contribution < -0.4 is 0 Å². The van der Waals surface area contributed by atoms with Crippen LogP contribution in [0.25, 0.3) is 12.2 Å². The molecular formula is C24H20. The first-order chi connectivity index (χ1) is 11.8. The van der Waals surface area contributed by atoms with Crippen molar-refractivity contribution in [3.05, 3.63) is 105 Å². The molecule has 0 amide bonds. The van der Waals surface area contributed by atoms with Gasteiger partial charge in [-0.05, 0) is 76.8 Å². The molecule has 0 atom stereocenters. The van der Waals surface area contributed by atoms with Gasteiger partial charge in [-0.15, -0.1) is 0 Å². The van der Waals surface area contributed by atoms with E-state index in [4.69, 9.17) is 0 Å². The normalized spacial score (nSPS) is 17.8. The van der Waals surface area contributed by atoms with Crippen molar-refractivity contribution < 1.29 is 0 Å². The summed E-state index contributed by atoms with van der Waals surface area (Å²) in [5.41, 5.74) is 13.2. The van der Waals surface area contributed by atoms with Crippen LogP contribution in [0.3, 0.4) is 0 Å². The van der Waals surface area contributed by atoms with Crippen molar-refractivity contribution in [3.8, 4) is 0 Å². The van der Waals surface area contributed by atoms with Crippen LogP contribution in [0, 0.1) is 0 Å². The van der Waals surface area contributed by atoms with E-state index in [0.29, 0.717) is 0 Å². The molecule has 0 nitrogen and oxygen atoms in total. The number of benzene rings is 2. The van der Waals surface area contributed by atoms with Gasteiger partial charge >= 0.3 is 0 Å². The first kappa shape index (κ1) is 13.8. The molecule has 0 radical (unpaired) electrons. The lowest BCUT2D eigenvalue weighted by molar-refractivity contribution is 1.04. The molecule has 0 aliphatic heterocycles. The van der Waals surface area contributed by atoms with Crippen molar-refractivity contribution in [1.82, 2.24) is 0 Å². The molecule has 3 aliphatic rings. The lowest BCUT2D eigenvalue weighted by Crippen LogP contribution is -2.03. The molecule has 24 heavy (non-hydrogen) atoms. The van der Waals surface area contributed by atoms with Crippen LogP contribution in [-0.2, 0) is 12.8 Å². The first-order valence-electron chi connectivity index (χ1n) is 8.76. The highest BCUT2D eigenvalue weighted by molar-refractivity contribution is 5.77. The molecule has 0 unspecified atom stereocenters. The van der Waals surface area contributed by atoms with Crippen LogP contribution in [0.15, 0.2) is 82.5 Å². The zero-order chi connectivity index (χ0) is 16.1. The molecule has 0 aromatic heterocycles. The molecule has 0 heterocycles. The number of hydrogen-bond donors (Lipinski definition) is 0. The maximum absolute atomic E-state index is 2.40. The molecule has 0 spiro atoms. The summed E-state index contributed by atoms with van der Waals surface area (Å²) in [6.45, 7) is 2.27. The minimum atomic E-state index is 1.07. The predicted octanol–water partition coefficient (Wildman–Crippen LogP) is 5.91. The highest BCUT2D eigenvalue weighted by Gasteiger charge is 2.25. The Morgan fingerprint density at radius 3 is 2.17 bits per heavy atom. The number of fused-ring (bicyclic) bond motifs is 3. The summed E-state index contributed by atoms with van der Waals surface area (Å²) in [5, 5.41) is 0. The Morgan fingerprint density at radius 2 is 1.42 bits per heavy atom. The Kier molecular flexibility index (Phi) is 2.99. The average Bonchev–Trinajstić information content (AvgIpc) is 3.14. The fraction of sp³-hybridized carbons (Fsp3) is 0.167. The molecule has 3 aliphatic carbocycles. The summed E-state index contributed by atoms with van der Waals surface area (Å²) in [5.74, 6) is 0. The largest absolute Gasteiger partial charge is 0.0619 e. The Bertz CT molecular complexity index is 977. The van der Waals surface area contributed by atoms with Gasteiger partial charge in [0.05, 0.1) is 0 Å². The monoisotopic (exact) mass is 308 g/mol. The lowest BCUT2D eigenvalue weighted by Gasteiger charge is -2.19. The SMILES string of the molecule is CC1=C(CC2=Cc3ccccc3C2)C2=Cc3ccccc3CC2=C1. The van der Waals surface area contributed by atoms with Crippen molar-refractivity contribution in [2.45, 2.75) is 26.2 Å². The third-order valence-electron chi connectivity index (χ3n) is 5.51. The Balaban J connectivity index is 1.48. The molecule has 116 valence electrons. The van der Waals surface area contributed by atoms with E-state index < -0.39 is 0 Å². The second-order valence-electron chi connectivity index (χ2n) is 7.12. The van der Waals surface area contributed by atoms with Crippen LogP contribution in [0.5, 0.6) is 0 Å². The minimum Gasteiger partial charge on any atom is -0.0619 e. The highest BCUT2D eigenvalue weighted by atomic mass is 14.3. The Morgan fingerprint density at radius 1 is 0.750 bits per heavy atom. The van der Waals surface area contributed by atoms with Gasteiger partial charge in [-0.1, -0.05) is 66.3 Å². The van der Waals surface area contributed by atoms with Gasteiger partial charge in [0, 0.05) is 0 Å². The molecule has 5 rings (SSSR count). The van der Waals surface area contributed by atoms with Gasteiger partial charge < -0.3 is 0 Å². The topological polar surface area (TPSA) is 0 Å². The zero-order valence-electron chi connectivity index (χ0n) is 14.0. The number of allylic oxidation sites excluding steroid dienone is 6. The summed E-state index contributed by atoms with van der Waals surface area (Å²) in [6, 6.07) is 17.6. The van der Waals surface area contributed by atoms with Gasteiger partial charge in [0.25, 0.3) is 0 Å². The van der Waals surface area contributed by atoms with E-state index in [1.165, 1.54) is 44.5 Å². The molecule has 0 N–H and O–H groups in total. The van der Waals surface area contributed by atoms with Crippen molar-refractivity contribution >= 4 is 12.2 Å². The maximum atomic E-state index is 2.40. The van der Waals surface area contributed by atoms with Gasteiger partial charge in [0.2, 0.25) is 0 Å². The van der Waals surface area contributed by atoms with Crippen molar-refractivity contribution in [2.24, 2.45) is 0 Å². The fourth-order valence-corrected chi connectivity index (χ4v) is 4.28. The van der Waals surface area contributed by atoms with E-state index in [0.717, 1.165) is 19.3 Å². The Hall–Kier alpha value is -2.60.